The minimum atomic E-state index is -0.250. The number of para-hydroxylation sites is 1. The number of amides is 2. The number of nitrogens with two attached hydrogens (primary N) is 1. The molecule has 0 bridgehead atoms. The van der Waals surface area contributed by atoms with Gasteiger partial charge in [0, 0.05) is 17.6 Å². The summed E-state index contributed by atoms with van der Waals surface area (Å²) in [5.41, 5.74) is 8.22. The molecule has 2 amide bonds. The van der Waals surface area contributed by atoms with E-state index >= 15 is 0 Å². The van der Waals surface area contributed by atoms with Gasteiger partial charge in [-0.1, -0.05) is 54.6 Å². The van der Waals surface area contributed by atoms with Gasteiger partial charge in [0.25, 0.3) is 0 Å². The Labute approximate surface area is 129 Å². The van der Waals surface area contributed by atoms with Crippen molar-refractivity contribution in [1.82, 2.24) is 5.32 Å². The molecule has 110 valence electrons. The maximum atomic E-state index is 12.1. The number of hydrogen-bond donors (Lipinski definition) is 3. The van der Waals surface area contributed by atoms with E-state index in [2.05, 4.69) is 10.6 Å². The molecule has 0 saturated carbocycles. The van der Waals surface area contributed by atoms with Crippen LogP contribution in [0.1, 0.15) is 5.56 Å². The smallest absolute Gasteiger partial charge is 0.319 e. The highest BCUT2D eigenvalue weighted by molar-refractivity contribution is 6.01. The second kappa shape index (κ2) is 6.18. The van der Waals surface area contributed by atoms with Gasteiger partial charge in [-0.15, -0.1) is 0 Å². The van der Waals surface area contributed by atoms with Crippen molar-refractivity contribution in [3.05, 3.63) is 72.3 Å². The number of fused-ring (bicyclic) bond motifs is 1. The van der Waals surface area contributed by atoms with Gasteiger partial charge < -0.3 is 16.4 Å². The SMILES string of the molecule is Nc1ccccc1CNC(=O)Nc1cccc2ccccc12. The lowest BCUT2D eigenvalue weighted by Gasteiger charge is -2.11. The van der Waals surface area contributed by atoms with Crippen molar-refractivity contribution in [1.29, 1.82) is 0 Å². The Balaban J connectivity index is 1.70. The van der Waals surface area contributed by atoms with Crippen LogP contribution in [0.2, 0.25) is 0 Å². The first-order valence-corrected chi connectivity index (χ1v) is 7.10. The van der Waals surface area contributed by atoms with E-state index in [1.54, 1.807) is 0 Å². The molecule has 0 radical (unpaired) electrons. The van der Waals surface area contributed by atoms with Crippen molar-refractivity contribution < 1.29 is 4.79 Å². The third-order valence-electron chi connectivity index (χ3n) is 3.53. The van der Waals surface area contributed by atoms with Crippen LogP contribution in [-0.2, 0) is 6.54 Å². The molecule has 0 aromatic heterocycles. The molecule has 0 unspecified atom stereocenters. The molecule has 0 heterocycles. The number of urea groups is 1. The summed E-state index contributed by atoms with van der Waals surface area (Å²) in [4.78, 5) is 12.1. The van der Waals surface area contributed by atoms with E-state index in [-0.39, 0.29) is 6.03 Å². The predicted octanol–water partition coefficient (Wildman–Crippen LogP) is 3.74. The van der Waals surface area contributed by atoms with Crippen LogP contribution in [0.5, 0.6) is 0 Å². The van der Waals surface area contributed by atoms with Crippen LogP contribution < -0.4 is 16.4 Å². The van der Waals surface area contributed by atoms with E-state index in [9.17, 15) is 4.79 Å². The lowest BCUT2D eigenvalue weighted by atomic mass is 10.1. The zero-order chi connectivity index (χ0) is 15.4. The Morgan fingerprint density at radius 2 is 1.64 bits per heavy atom. The van der Waals surface area contributed by atoms with Gasteiger partial charge in [-0.05, 0) is 23.1 Å². The maximum Gasteiger partial charge on any atom is 0.319 e. The molecule has 0 aliphatic carbocycles. The number of benzene rings is 3. The monoisotopic (exact) mass is 291 g/mol. The highest BCUT2D eigenvalue weighted by atomic mass is 16.2. The molecule has 3 aromatic carbocycles. The summed E-state index contributed by atoms with van der Waals surface area (Å²) in [7, 11) is 0. The number of anilines is 2. The molecular formula is C18H17N3O. The van der Waals surface area contributed by atoms with Crippen LogP contribution in [0.4, 0.5) is 16.2 Å². The summed E-state index contributed by atoms with van der Waals surface area (Å²) >= 11 is 0. The van der Waals surface area contributed by atoms with Crippen molar-refractivity contribution in [2.75, 3.05) is 11.1 Å². The van der Waals surface area contributed by atoms with Gasteiger partial charge in [0.15, 0.2) is 0 Å². The topological polar surface area (TPSA) is 67.1 Å². The van der Waals surface area contributed by atoms with Gasteiger partial charge in [0.05, 0.1) is 5.69 Å². The first kappa shape index (κ1) is 13.9. The van der Waals surface area contributed by atoms with E-state index in [0.29, 0.717) is 12.2 Å². The molecule has 0 saturated heterocycles. The molecule has 4 N–H and O–H groups in total. The molecule has 22 heavy (non-hydrogen) atoms. The van der Waals surface area contributed by atoms with Gasteiger partial charge >= 0.3 is 6.03 Å². The van der Waals surface area contributed by atoms with Gasteiger partial charge in [-0.2, -0.15) is 0 Å². The maximum absolute atomic E-state index is 12.1. The lowest BCUT2D eigenvalue weighted by molar-refractivity contribution is 0.252. The summed E-state index contributed by atoms with van der Waals surface area (Å²) in [5.74, 6) is 0. The van der Waals surface area contributed by atoms with Crippen LogP contribution in [0.15, 0.2) is 66.7 Å². The molecular weight excluding hydrogens is 274 g/mol. The lowest BCUT2D eigenvalue weighted by Crippen LogP contribution is -2.28. The largest absolute Gasteiger partial charge is 0.398 e. The highest BCUT2D eigenvalue weighted by Crippen LogP contribution is 2.22. The van der Waals surface area contributed by atoms with Gasteiger partial charge in [-0.25, -0.2) is 4.79 Å². The summed E-state index contributed by atoms with van der Waals surface area (Å²) in [6, 6.07) is 21.0. The molecule has 0 fully saturated rings. The fraction of sp³-hybridized carbons (Fsp3) is 0.0556. The average Bonchev–Trinajstić information content (AvgIpc) is 2.54. The standard InChI is InChI=1S/C18H17N3O/c19-16-10-4-2-7-14(16)12-20-18(22)21-17-11-5-8-13-6-1-3-9-15(13)17/h1-11H,12,19H2,(H2,20,21,22). The number of carbonyl (C=O) groups is 1. The number of carbonyl (C=O) groups excluding carboxylic acids is 1. The van der Waals surface area contributed by atoms with Crippen LogP contribution in [0.3, 0.4) is 0 Å². The van der Waals surface area contributed by atoms with Crippen LogP contribution >= 0.6 is 0 Å². The third-order valence-corrected chi connectivity index (χ3v) is 3.53. The zero-order valence-electron chi connectivity index (χ0n) is 12.0. The summed E-state index contributed by atoms with van der Waals surface area (Å²) in [6.45, 7) is 0.392. The Bertz CT molecular complexity index is 809. The first-order valence-electron chi connectivity index (χ1n) is 7.10. The summed E-state index contributed by atoms with van der Waals surface area (Å²) < 4.78 is 0. The van der Waals surface area contributed by atoms with Crippen LogP contribution in [0, 0.1) is 0 Å². The van der Waals surface area contributed by atoms with E-state index in [0.717, 1.165) is 22.0 Å². The van der Waals surface area contributed by atoms with Crippen molar-refractivity contribution in [2.45, 2.75) is 6.54 Å². The van der Waals surface area contributed by atoms with Crippen molar-refractivity contribution >= 4 is 28.2 Å². The number of hydrogen-bond acceptors (Lipinski definition) is 2. The van der Waals surface area contributed by atoms with Gasteiger partial charge in [0.2, 0.25) is 0 Å². The molecule has 0 atom stereocenters. The minimum Gasteiger partial charge on any atom is -0.398 e. The molecule has 4 nitrogen and oxygen atoms in total. The zero-order valence-corrected chi connectivity index (χ0v) is 12.0. The van der Waals surface area contributed by atoms with Crippen LogP contribution in [0.25, 0.3) is 10.8 Å². The number of rotatable bonds is 3. The Morgan fingerprint density at radius 1 is 0.909 bits per heavy atom. The first-order chi connectivity index (χ1) is 10.7. The second-order valence-corrected chi connectivity index (χ2v) is 5.03. The van der Waals surface area contributed by atoms with E-state index in [1.165, 1.54) is 0 Å². The molecule has 4 heteroatoms. The Hall–Kier alpha value is -3.01. The molecule has 0 aliphatic heterocycles. The van der Waals surface area contributed by atoms with Crippen LogP contribution in [-0.4, -0.2) is 6.03 Å². The van der Waals surface area contributed by atoms with E-state index in [4.69, 9.17) is 5.73 Å². The van der Waals surface area contributed by atoms with Gasteiger partial charge in [0.1, 0.15) is 0 Å². The Morgan fingerprint density at radius 3 is 2.50 bits per heavy atom. The van der Waals surface area contributed by atoms with Crippen molar-refractivity contribution in [2.24, 2.45) is 0 Å². The average molecular weight is 291 g/mol. The molecule has 0 aliphatic rings. The van der Waals surface area contributed by atoms with E-state index in [1.807, 2.05) is 66.7 Å². The second-order valence-electron chi connectivity index (χ2n) is 5.03. The third kappa shape index (κ3) is 3.01. The van der Waals surface area contributed by atoms with Crippen molar-refractivity contribution in [3.8, 4) is 0 Å². The van der Waals surface area contributed by atoms with Gasteiger partial charge in [-0.3, -0.25) is 0 Å². The fourth-order valence-corrected chi connectivity index (χ4v) is 2.37. The molecule has 0 spiro atoms. The predicted molar refractivity (Wildman–Crippen MR) is 90.7 cm³/mol. The fourth-order valence-electron chi connectivity index (χ4n) is 2.37. The molecule has 3 aromatic rings. The quantitative estimate of drug-likeness (QED) is 0.643. The number of nitrogen functional groups attached to an aromatic ring is 1. The Kier molecular flexibility index (Phi) is 3.92. The molecule has 3 rings (SSSR count). The highest BCUT2D eigenvalue weighted by Gasteiger charge is 2.06. The van der Waals surface area contributed by atoms with E-state index < -0.39 is 0 Å². The minimum absolute atomic E-state index is 0.250. The van der Waals surface area contributed by atoms with Crippen molar-refractivity contribution in [3.63, 3.8) is 0 Å². The summed E-state index contributed by atoms with van der Waals surface area (Å²) in [6.07, 6.45) is 0. The number of nitrogens with one attached hydrogen (secondary N) is 2. The summed E-state index contributed by atoms with van der Waals surface area (Å²) in [5, 5.41) is 7.81. The normalized spacial score (nSPS) is 10.4.